The second-order valence-electron chi connectivity index (χ2n) is 6.83. The Bertz CT molecular complexity index is 795. The van der Waals surface area contributed by atoms with Crippen LogP contribution in [0, 0.1) is 0 Å². The van der Waals surface area contributed by atoms with Crippen molar-refractivity contribution < 1.29 is 4.74 Å². The van der Waals surface area contributed by atoms with Gasteiger partial charge in [-0.25, -0.2) is 10.0 Å². The molecule has 0 N–H and O–H groups in total. The number of methoxy groups -OCH3 is 1. The second-order valence-corrected chi connectivity index (χ2v) is 7.24. The van der Waals surface area contributed by atoms with E-state index in [0.29, 0.717) is 5.02 Å². The van der Waals surface area contributed by atoms with Gasteiger partial charge in [-0.15, -0.1) is 0 Å². The molecular formula is C19H24ClN5O. The van der Waals surface area contributed by atoms with Gasteiger partial charge in [0, 0.05) is 44.0 Å². The third kappa shape index (κ3) is 2.93. The summed E-state index contributed by atoms with van der Waals surface area (Å²) in [6, 6.07) is 5.81. The zero-order chi connectivity index (χ0) is 18.3. The molecule has 3 aliphatic rings. The van der Waals surface area contributed by atoms with Gasteiger partial charge in [0.1, 0.15) is 11.6 Å². The molecule has 138 valence electrons. The standard InChI is InChI=1S/C19H24ClN5O/c1-14-13-21-18-6-7-24(17-5-4-15(26-3)12-16(17)20)25(18)19(14)23-10-8-22(2)9-11-23/h4-6,12-13H,7-11H2,1-3H3. The van der Waals surface area contributed by atoms with Gasteiger partial charge < -0.3 is 14.5 Å². The van der Waals surface area contributed by atoms with Gasteiger partial charge in [-0.05, 0) is 32.2 Å². The number of benzene rings is 1. The lowest BCUT2D eigenvalue weighted by molar-refractivity contribution is 0.147. The van der Waals surface area contributed by atoms with Crippen LogP contribution in [0.25, 0.3) is 0 Å². The Morgan fingerprint density at radius 2 is 1.92 bits per heavy atom. The fourth-order valence-electron chi connectivity index (χ4n) is 3.61. The second kappa shape index (κ2) is 6.85. The van der Waals surface area contributed by atoms with E-state index in [4.69, 9.17) is 16.3 Å². The van der Waals surface area contributed by atoms with Crippen LogP contribution in [0.1, 0.15) is 6.92 Å². The third-order valence-electron chi connectivity index (χ3n) is 5.08. The number of likely N-dealkylation sites (N-methyl/N-ethyl adjacent to an activating group) is 1. The molecule has 1 fully saturated rings. The van der Waals surface area contributed by atoms with E-state index in [-0.39, 0.29) is 0 Å². The average molecular weight is 374 g/mol. The van der Waals surface area contributed by atoms with Crippen LogP contribution < -0.4 is 9.75 Å². The molecule has 0 spiro atoms. The first-order valence-electron chi connectivity index (χ1n) is 8.88. The zero-order valence-corrected chi connectivity index (χ0v) is 16.2. The Kier molecular flexibility index (Phi) is 4.54. The summed E-state index contributed by atoms with van der Waals surface area (Å²) in [4.78, 5) is 9.44. The highest BCUT2D eigenvalue weighted by Gasteiger charge is 2.35. The van der Waals surface area contributed by atoms with Gasteiger partial charge >= 0.3 is 0 Å². The highest BCUT2D eigenvalue weighted by atomic mass is 35.5. The number of hydrogen-bond acceptors (Lipinski definition) is 6. The number of hydrazine groups is 1. The number of rotatable bonds is 3. The Morgan fingerprint density at radius 3 is 2.62 bits per heavy atom. The minimum absolute atomic E-state index is 0.670. The van der Waals surface area contributed by atoms with Crippen molar-refractivity contribution in [2.75, 3.05) is 51.9 Å². The molecular weight excluding hydrogens is 350 g/mol. The van der Waals surface area contributed by atoms with Crippen LogP contribution >= 0.6 is 11.6 Å². The van der Waals surface area contributed by atoms with Crippen molar-refractivity contribution >= 4 is 23.5 Å². The van der Waals surface area contributed by atoms with E-state index in [1.807, 2.05) is 24.4 Å². The molecule has 0 unspecified atom stereocenters. The zero-order valence-electron chi connectivity index (χ0n) is 15.4. The van der Waals surface area contributed by atoms with E-state index in [0.717, 1.165) is 50.0 Å². The Labute approximate surface area is 159 Å². The van der Waals surface area contributed by atoms with Gasteiger partial charge in [0.15, 0.2) is 5.82 Å². The fraction of sp³-hybridized carbons (Fsp3) is 0.421. The summed E-state index contributed by atoms with van der Waals surface area (Å²) >= 11 is 6.56. The molecule has 3 heterocycles. The minimum Gasteiger partial charge on any atom is -0.497 e. The normalized spacial score (nSPS) is 20.6. The molecule has 0 atom stereocenters. The van der Waals surface area contributed by atoms with Gasteiger partial charge in [0.05, 0.1) is 24.4 Å². The van der Waals surface area contributed by atoms with Crippen LogP contribution in [0.4, 0.5) is 5.69 Å². The van der Waals surface area contributed by atoms with Gasteiger partial charge in [0.25, 0.3) is 0 Å². The van der Waals surface area contributed by atoms with Gasteiger partial charge in [-0.2, -0.15) is 0 Å². The largest absolute Gasteiger partial charge is 0.497 e. The Hall–Kier alpha value is -2.18. The van der Waals surface area contributed by atoms with Crippen molar-refractivity contribution in [1.29, 1.82) is 0 Å². The number of ether oxygens (including phenoxy) is 1. The van der Waals surface area contributed by atoms with Gasteiger partial charge in [0.2, 0.25) is 0 Å². The Balaban J connectivity index is 1.69. The molecule has 0 aromatic heterocycles. The maximum absolute atomic E-state index is 6.56. The van der Waals surface area contributed by atoms with E-state index in [9.17, 15) is 0 Å². The van der Waals surface area contributed by atoms with Crippen molar-refractivity contribution in [3.63, 3.8) is 0 Å². The maximum Gasteiger partial charge on any atom is 0.151 e. The Morgan fingerprint density at radius 1 is 1.15 bits per heavy atom. The van der Waals surface area contributed by atoms with Crippen LogP contribution in [0.2, 0.25) is 5.02 Å². The first-order chi connectivity index (χ1) is 12.6. The number of nitrogens with zero attached hydrogens (tertiary/aromatic N) is 5. The van der Waals surface area contributed by atoms with Crippen LogP contribution in [0.5, 0.6) is 5.75 Å². The third-order valence-corrected chi connectivity index (χ3v) is 5.39. The molecule has 0 amide bonds. The number of allylic oxidation sites excluding steroid dienone is 1. The van der Waals surface area contributed by atoms with Gasteiger partial charge in [-0.3, -0.25) is 5.01 Å². The molecule has 0 bridgehead atoms. The summed E-state index contributed by atoms with van der Waals surface area (Å²) in [5.41, 5.74) is 2.12. The van der Waals surface area contributed by atoms with Crippen molar-refractivity contribution in [3.8, 4) is 5.75 Å². The lowest BCUT2D eigenvalue weighted by Gasteiger charge is -2.44. The molecule has 7 heteroatoms. The molecule has 0 aliphatic carbocycles. The van der Waals surface area contributed by atoms with Crippen molar-refractivity contribution in [1.82, 2.24) is 14.8 Å². The quantitative estimate of drug-likeness (QED) is 0.814. The molecule has 1 aromatic rings. The molecule has 6 nitrogen and oxygen atoms in total. The van der Waals surface area contributed by atoms with E-state index < -0.39 is 0 Å². The first kappa shape index (κ1) is 17.2. The van der Waals surface area contributed by atoms with Crippen molar-refractivity contribution in [2.45, 2.75) is 6.92 Å². The lowest BCUT2D eigenvalue weighted by atomic mass is 10.2. The topological polar surface area (TPSA) is 34.6 Å². The molecule has 1 aromatic carbocycles. The molecule has 0 radical (unpaired) electrons. The van der Waals surface area contributed by atoms with E-state index in [1.165, 1.54) is 11.4 Å². The molecule has 3 aliphatic heterocycles. The summed E-state index contributed by atoms with van der Waals surface area (Å²) in [6.07, 6.45) is 4.11. The van der Waals surface area contributed by atoms with E-state index >= 15 is 0 Å². The lowest BCUT2D eigenvalue weighted by Crippen LogP contribution is -2.51. The maximum atomic E-state index is 6.56. The monoisotopic (exact) mass is 373 g/mol. The predicted molar refractivity (Wildman–Crippen MR) is 106 cm³/mol. The number of aliphatic imine (C=N–C) groups is 1. The summed E-state index contributed by atoms with van der Waals surface area (Å²) in [7, 11) is 3.82. The molecule has 26 heavy (non-hydrogen) atoms. The van der Waals surface area contributed by atoms with Crippen molar-refractivity contribution in [2.24, 2.45) is 4.99 Å². The van der Waals surface area contributed by atoms with Crippen LogP contribution in [0.15, 0.2) is 46.5 Å². The van der Waals surface area contributed by atoms with E-state index in [2.05, 4.69) is 44.9 Å². The minimum atomic E-state index is 0.670. The van der Waals surface area contributed by atoms with Crippen LogP contribution in [-0.4, -0.2) is 67.9 Å². The highest BCUT2D eigenvalue weighted by molar-refractivity contribution is 6.33. The summed E-state index contributed by atoms with van der Waals surface area (Å²) in [5.74, 6) is 2.91. The SMILES string of the molecule is COc1ccc(N2CC=C3N=CC(C)=C(N4CCN(C)CC4)N32)c(Cl)c1. The smallest absolute Gasteiger partial charge is 0.151 e. The number of fused-ring (bicyclic) bond motifs is 1. The highest BCUT2D eigenvalue weighted by Crippen LogP contribution is 2.38. The number of anilines is 1. The molecule has 1 saturated heterocycles. The summed E-state index contributed by atoms with van der Waals surface area (Å²) in [5, 5.41) is 5.06. The van der Waals surface area contributed by atoms with Gasteiger partial charge in [-0.1, -0.05) is 11.6 Å². The fourth-order valence-corrected chi connectivity index (χ4v) is 3.88. The number of hydrogen-bond donors (Lipinski definition) is 0. The van der Waals surface area contributed by atoms with E-state index in [1.54, 1.807) is 7.11 Å². The summed E-state index contributed by atoms with van der Waals surface area (Å²) < 4.78 is 5.29. The first-order valence-corrected chi connectivity index (χ1v) is 9.26. The summed E-state index contributed by atoms with van der Waals surface area (Å²) in [6.45, 7) is 6.99. The molecule has 0 saturated carbocycles. The van der Waals surface area contributed by atoms with Crippen molar-refractivity contribution in [3.05, 3.63) is 46.5 Å². The van der Waals surface area contributed by atoms with Crippen LogP contribution in [0.3, 0.4) is 0 Å². The molecule has 4 rings (SSSR count). The number of piperazine rings is 1. The predicted octanol–water partition coefficient (Wildman–Crippen LogP) is 2.79. The number of halogens is 1. The van der Waals surface area contributed by atoms with Crippen LogP contribution in [-0.2, 0) is 0 Å². The average Bonchev–Trinajstić information content (AvgIpc) is 3.06.